The van der Waals surface area contributed by atoms with Crippen molar-refractivity contribution >= 4 is 61.2 Å². The first-order chi connectivity index (χ1) is 17.2. The number of benzene rings is 1. The van der Waals surface area contributed by atoms with Gasteiger partial charge in [0.1, 0.15) is 10.8 Å². The summed E-state index contributed by atoms with van der Waals surface area (Å²) in [5.41, 5.74) is 1.49. The molecule has 0 bridgehead atoms. The van der Waals surface area contributed by atoms with Crippen LogP contribution in [0, 0.1) is 11.3 Å². The number of ether oxygens (including phenoxy) is 1. The van der Waals surface area contributed by atoms with Crippen LogP contribution in [0.1, 0.15) is 61.3 Å². The van der Waals surface area contributed by atoms with Crippen LogP contribution in [0.4, 0.5) is 5.00 Å². The Labute approximate surface area is 232 Å². The summed E-state index contributed by atoms with van der Waals surface area (Å²) in [5, 5.41) is 7.01. The molecule has 2 aliphatic rings. The first-order valence-electron chi connectivity index (χ1n) is 12.3. The van der Waals surface area contributed by atoms with E-state index in [4.69, 9.17) is 27.9 Å². The lowest BCUT2D eigenvalue weighted by atomic mass is 9.72. The van der Waals surface area contributed by atoms with Crippen LogP contribution >= 0.6 is 34.5 Å². The Hall–Kier alpha value is -1.81. The van der Waals surface area contributed by atoms with Crippen LogP contribution < -0.4 is 15.4 Å². The normalized spacial score (nSPS) is 21.7. The van der Waals surface area contributed by atoms with E-state index in [2.05, 4.69) is 31.4 Å². The topological polar surface area (TPSA) is 102 Å². The van der Waals surface area contributed by atoms with Gasteiger partial charge in [-0.2, -0.15) is 0 Å². The third kappa shape index (κ3) is 6.61. The van der Waals surface area contributed by atoms with Gasteiger partial charge in [0, 0.05) is 15.9 Å². The second-order valence-electron chi connectivity index (χ2n) is 10.9. The van der Waals surface area contributed by atoms with Gasteiger partial charge in [0.2, 0.25) is 0 Å². The molecule has 0 saturated carbocycles. The number of nitrogens with one attached hydrogen (secondary N) is 2. The number of hydrogen-bond donors (Lipinski definition) is 2. The Morgan fingerprint density at radius 3 is 2.54 bits per heavy atom. The van der Waals surface area contributed by atoms with Gasteiger partial charge in [-0.15, -0.1) is 11.3 Å². The summed E-state index contributed by atoms with van der Waals surface area (Å²) in [5.74, 6) is 0.0115. The van der Waals surface area contributed by atoms with Gasteiger partial charge >= 0.3 is 0 Å². The van der Waals surface area contributed by atoms with Gasteiger partial charge in [-0.1, -0.05) is 44.0 Å². The van der Waals surface area contributed by atoms with Crippen molar-refractivity contribution in [2.24, 2.45) is 11.3 Å². The number of anilines is 1. The fourth-order valence-corrected chi connectivity index (χ4v) is 8.30. The fraction of sp³-hybridized carbons (Fsp3) is 0.538. The minimum atomic E-state index is -3.14. The van der Waals surface area contributed by atoms with Crippen LogP contribution in [0.25, 0.3) is 0 Å². The van der Waals surface area contributed by atoms with E-state index in [0.717, 1.165) is 29.7 Å². The van der Waals surface area contributed by atoms with E-state index in [9.17, 15) is 18.0 Å². The summed E-state index contributed by atoms with van der Waals surface area (Å²) >= 11 is 13.6. The Morgan fingerprint density at radius 2 is 1.92 bits per heavy atom. The molecule has 1 aromatic heterocycles. The van der Waals surface area contributed by atoms with Crippen molar-refractivity contribution in [1.29, 1.82) is 0 Å². The number of sulfone groups is 1. The van der Waals surface area contributed by atoms with E-state index in [0.29, 0.717) is 38.7 Å². The Balaban J connectivity index is 1.58. The lowest BCUT2D eigenvalue weighted by molar-refractivity contribution is -0.122. The van der Waals surface area contributed by atoms with Gasteiger partial charge in [-0.05, 0) is 67.7 Å². The van der Waals surface area contributed by atoms with Gasteiger partial charge in [0.05, 0.1) is 22.1 Å². The van der Waals surface area contributed by atoms with E-state index in [1.165, 1.54) is 17.4 Å². The lowest BCUT2D eigenvalue weighted by Crippen LogP contribution is -2.37. The molecular formula is C26H32Cl2N2O5S2. The van der Waals surface area contributed by atoms with Crippen molar-refractivity contribution in [2.75, 3.05) is 16.8 Å². The molecule has 1 aromatic carbocycles. The molecule has 202 valence electrons. The third-order valence-corrected chi connectivity index (χ3v) is 10.6. The first-order valence-corrected chi connectivity index (χ1v) is 15.7. The predicted octanol–water partition coefficient (Wildman–Crippen LogP) is 5.53. The van der Waals surface area contributed by atoms with Gasteiger partial charge in [0.25, 0.3) is 11.8 Å². The molecular weight excluding hydrogens is 555 g/mol. The van der Waals surface area contributed by atoms with Crippen LogP contribution in [0.5, 0.6) is 5.75 Å². The summed E-state index contributed by atoms with van der Waals surface area (Å²) in [7, 11) is -3.14. The number of carbonyl (C=O) groups excluding carboxylic acids is 2. The van der Waals surface area contributed by atoms with Crippen molar-refractivity contribution in [2.45, 2.75) is 65.5 Å². The number of hydrogen-bond acceptors (Lipinski definition) is 6. The summed E-state index contributed by atoms with van der Waals surface area (Å²) in [4.78, 5) is 27.7. The Bertz CT molecular complexity index is 1320. The van der Waals surface area contributed by atoms with Crippen molar-refractivity contribution in [1.82, 2.24) is 5.32 Å². The highest BCUT2D eigenvalue weighted by atomic mass is 35.5. The maximum absolute atomic E-state index is 13.5. The van der Waals surface area contributed by atoms with Gasteiger partial charge in [-0.3, -0.25) is 9.59 Å². The Morgan fingerprint density at radius 1 is 1.19 bits per heavy atom. The zero-order valence-electron chi connectivity index (χ0n) is 21.3. The van der Waals surface area contributed by atoms with Crippen molar-refractivity contribution < 1.29 is 22.7 Å². The SMILES string of the molecule is CC(Oc1ccc(Cl)cc1Cl)C(=O)Nc1sc2c(c1C(=O)NC1CCS(=O)(=O)C1)CCC(C(C)(C)C)C2. The molecule has 1 aliphatic heterocycles. The van der Waals surface area contributed by atoms with Crippen molar-refractivity contribution in [3.8, 4) is 5.75 Å². The van der Waals surface area contributed by atoms with Crippen LogP contribution in [-0.4, -0.2) is 43.9 Å². The molecule has 3 atom stereocenters. The largest absolute Gasteiger partial charge is 0.479 e. The highest BCUT2D eigenvalue weighted by molar-refractivity contribution is 7.91. The molecule has 2 aromatic rings. The van der Waals surface area contributed by atoms with Crippen LogP contribution in [0.3, 0.4) is 0 Å². The van der Waals surface area contributed by atoms with Gasteiger partial charge < -0.3 is 15.4 Å². The number of fused-ring (bicyclic) bond motifs is 1. The number of amides is 2. The fourth-order valence-electron chi connectivity index (χ4n) is 4.85. The van der Waals surface area contributed by atoms with Crippen LogP contribution in [0.2, 0.25) is 10.0 Å². The molecule has 4 rings (SSSR count). The molecule has 0 spiro atoms. The summed E-state index contributed by atoms with van der Waals surface area (Å²) < 4.78 is 29.6. The molecule has 7 nitrogen and oxygen atoms in total. The van der Waals surface area contributed by atoms with E-state index >= 15 is 0 Å². The predicted molar refractivity (Wildman–Crippen MR) is 149 cm³/mol. The summed E-state index contributed by atoms with van der Waals surface area (Å²) in [6, 6.07) is 4.32. The second-order valence-corrected chi connectivity index (χ2v) is 15.1. The molecule has 2 heterocycles. The van der Waals surface area contributed by atoms with Gasteiger partial charge in [-0.25, -0.2) is 8.42 Å². The maximum Gasteiger partial charge on any atom is 0.265 e. The molecule has 2 N–H and O–H groups in total. The molecule has 2 amide bonds. The molecule has 11 heteroatoms. The number of carbonyl (C=O) groups is 2. The average molecular weight is 588 g/mol. The van der Waals surface area contributed by atoms with Gasteiger partial charge in [0.15, 0.2) is 15.9 Å². The summed E-state index contributed by atoms with van der Waals surface area (Å²) in [6.45, 7) is 8.25. The minimum absolute atomic E-state index is 0.0639. The zero-order chi connectivity index (χ0) is 27.1. The first kappa shape index (κ1) is 28.2. The zero-order valence-corrected chi connectivity index (χ0v) is 24.5. The highest BCUT2D eigenvalue weighted by Crippen LogP contribution is 2.44. The van der Waals surface area contributed by atoms with E-state index in [1.807, 2.05) is 0 Å². The van der Waals surface area contributed by atoms with Crippen LogP contribution in [0.15, 0.2) is 18.2 Å². The number of thiophene rings is 1. The number of rotatable bonds is 6. The highest BCUT2D eigenvalue weighted by Gasteiger charge is 2.36. The molecule has 1 fully saturated rings. The molecule has 37 heavy (non-hydrogen) atoms. The smallest absolute Gasteiger partial charge is 0.265 e. The number of halogens is 2. The molecule has 3 unspecified atom stereocenters. The Kier molecular flexibility index (Phi) is 8.19. The van der Waals surface area contributed by atoms with Crippen molar-refractivity contribution in [3.63, 3.8) is 0 Å². The lowest BCUT2D eigenvalue weighted by Gasteiger charge is -2.33. The second kappa shape index (κ2) is 10.8. The molecule has 0 radical (unpaired) electrons. The average Bonchev–Trinajstić information content (AvgIpc) is 3.32. The summed E-state index contributed by atoms with van der Waals surface area (Å²) in [6.07, 6.45) is 1.98. The third-order valence-electron chi connectivity index (χ3n) is 7.09. The monoisotopic (exact) mass is 586 g/mol. The molecule has 1 saturated heterocycles. The standard InChI is InChI=1S/C26H32Cl2N2O5S2/c1-14(35-20-8-6-16(27)12-19(20)28)23(31)30-25-22(24(32)29-17-9-10-37(33,34)13-17)18-7-5-15(26(2,3)4)11-21(18)36-25/h6,8,12,14-15,17H,5,7,9-11,13H2,1-4H3,(H,29,32)(H,30,31). The molecule has 1 aliphatic carbocycles. The maximum atomic E-state index is 13.5. The van der Waals surface area contributed by atoms with E-state index in [-0.39, 0.29) is 22.8 Å². The minimum Gasteiger partial charge on any atom is -0.479 e. The van der Waals surface area contributed by atoms with E-state index < -0.39 is 27.9 Å². The van der Waals surface area contributed by atoms with Crippen LogP contribution in [-0.2, 0) is 27.5 Å². The quantitative estimate of drug-likeness (QED) is 0.463. The van der Waals surface area contributed by atoms with E-state index in [1.54, 1.807) is 19.1 Å². The van der Waals surface area contributed by atoms with Crippen molar-refractivity contribution in [3.05, 3.63) is 44.2 Å².